The lowest BCUT2D eigenvalue weighted by molar-refractivity contribution is 0.696. The average Bonchev–Trinajstić information content (AvgIpc) is 2.49. The zero-order chi connectivity index (χ0) is 9.84. The molecule has 0 aliphatic carbocycles. The molecule has 2 nitrogen and oxygen atoms in total. The van der Waals surface area contributed by atoms with Crippen LogP contribution in [0.2, 0.25) is 0 Å². The Morgan fingerprint density at radius 2 is 2.38 bits per heavy atom. The molecule has 3 heteroatoms. The Balaban J connectivity index is 2.76. The van der Waals surface area contributed by atoms with Crippen molar-refractivity contribution in [2.75, 3.05) is 7.05 Å². The van der Waals surface area contributed by atoms with Crippen molar-refractivity contribution in [1.29, 1.82) is 0 Å². The Kier molecular flexibility index (Phi) is 3.63. The molecule has 1 heterocycles. The van der Waals surface area contributed by atoms with E-state index >= 15 is 0 Å². The second-order valence-electron chi connectivity index (χ2n) is 3.21. The van der Waals surface area contributed by atoms with Gasteiger partial charge in [0.05, 0.1) is 0 Å². The highest BCUT2D eigenvalue weighted by Gasteiger charge is 2.01. The predicted octanol–water partition coefficient (Wildman–Crippen LogP) is 2.46. The summed E-state index contributed by atoms with van der Waals surface area (Å²) < 4.78 is 0. The van der Waals surface area contributed by atoms with Crippen molar-refractivity contribution < 1.29 is 0 Å². The maximum Gasteiger partial charge on any atom is 0.116 e. The summed E-state index contributed by atoms with van der Waals surface area (Å²) in [6.07, 6.45) is 4.05. The third-order valence-electron chi connectivity index (χ3n) is 2.11. The van der Waals surface area contributed by atoms with E-state index in [1.54, 1.807) is 11.3 Å². The average molecular weight is 196 g/mol. The van der Waals surface area contributed by atoms with Crippen molar-refractivity contribution >= 4 is 17.4 Å². The Labute approximate surface area is 83.7 Å². The van der Waals surface area contributed by atoms with E-state index in [9.17, 15) is 0 Å². The maximum absolute atomic E-state index is 4.29. The minimum absolute atomic E-state index is 0.421. The molecule has 0 radical (unpaired) electrons. The second-order valence-corrected chi connectivity index (χ2v) is 4.47. The van der Waals surface area contributed by atoms with Gasteiger partial charge in [-0.25, -0.2) is 4.98 Å². The van der Waals surface area contributed by atoms with Crippen molar-refractivity contribution in [3.05, 3.63) is 21.7 Å². The van der Waals surface area contributed by atoms with Gasteiger partial charge in [-0.15, -0.1) is 11.3 Å². The first-order valence-electron chi connectivity index (χ1n) is 4.41. The van der Waals surface area contributed by atoms with Crippen LogP contribution in [0.25, 0.3) is 6.08 Å². The van der Waals surface area contributed by atoms with Gasteiger partial charge in [-0.05, 0) is 33.9 Å². The number of likely N-dealkylation sites (N-methyl/N-ethyl adjacent to an activating group) is 1. The molecule has 0 amide bonds. The number of aryl methyl sites for hydroxylation is 1. The number of hydrogen-bond donors (Lipinski definition) is 1. The van der Waals surface area contributed by atoms with Crippen LogP contribution in [-0.2, 0) is 0 Å². The number of nitrogens with one attached hydrogen (secondary N) is 1. The summed E-state index contributed by atoms with van der Waals surface area (Å²) in [6, 6.07) is 0.421. The van der Waals surface area contributed by atoms with Crippen LogP contribution < -0.4 is 5.32 Å². The fourth-order valence-electron chi connectivity index (χ4n) is 0.986. The quantitative estimate of drug-likeness (QED) is 0.803. The zero-order valence-corrected chi connectivity index (χ0v) is 9.40. The van der Waals surface area contributed by atoms with E-state index in [4.69, 9.17) is 0 Å². The lowest BCUT2D eigenvalue weighted by Crippen LogP contribution is -2.21. The second kappa shape index (κ2) is 4.53. The van der Waals surface area contributed by atoms with Crippen molar-refractivity contribution in [2.45, 2.75) is 26.8 Å². The minimum Gasteiger partial charge on any atom is -0.314 e. The summed E-state index contributed by atoms with van der Waals surface area (Å²) in [6.45, 7) is 6.34. The summed E-state index contributed by atoms with van der Waals surface area (Å²) in [4.78, 5) is 5.55. The summed E-state index contributed by atoms with van der Waals surface area (Å²) >= 11 is 1.73. The van der Waals surface area contributed by atoms with Gasteiger partial charge in [-0.3, -0.25) is 0 Å². The summed E-state index contributed by atoms with van der Waals surface area (Å²) in [5.41, 5.74) is 1.32. The highest BCUT2D eigenvalue weighted by molar-refractivity contribution is 7.12. The zero-order valence-electron chi connectivity index (χ0n) is 8.59. The van der Waals surface area contributed by atoms with E-state index in [0.717, 1.165) is 5.01 Å². The number of thiazole rings is 1. The largest absolute Gasteiger partial charge is 0.314 e. The van der Waals surface area contributed by atoms with Gasteiger partial charge in [-0.1, -0.05) is 5.57 Å². The fourth-order valence-corrected chi connectivity index (χ4v) is 1.77. The smallest absolute Gasteiger partial charge is 0.116 e. The first kappa shape index (κ1) is 10.4. The fraction of sp³-hybridized carbons (Fsp3) is 0.500. The van der Waals surface area contributed by atoms with E-state index in [0.29, 0.717) is 6.04 Å². The molecule has 0 fully saturated rings. The van der Waals surface area contributed by atoms with Crippen molar-refractivity contribution in [3.63, 3.8) is 0 Å². The van der Waals surface area contributed by atoms with Gasteiger partial charge >= 0.3 is 0 Å². The molecule has 0 aliphatic rings. The first-order valence-corrected chi connectivity index (χ1v) is 5.23. The van der Waals surface area contributed by atoms with Gasteiger partial charge in [0.1, 0.15) is 5.01 Å². The summed E-state index contributed by atoms with van der Waals surface area (Å²) in [5.74, 6) is 0. The van der Waals surface area contributed by atoms with Gasteiger partial charge in [0.25, 0.3) is 0 Å². The molecular weight excluding hydrogens is 180 g/mol. The molecule has 1 rings (SSSR count). The van der Waals surface area contributed by atoms with E-state index in [1.807, 2.05) is 13.2 Å². The third kappa shape index (κ3) is 2.94. The molecule has 0 bridgehead atoms. The van der Waals surface area contributed by atoms with Gasteiger partial charge in [0.2, 0.25) is 0 Å². The highest BCUT2D eigenvalue weighted by atomic mass is 32.1. The maximum atomic E-state index is 4.29. The monoisotopic (exact) mass is 196 g/mol. The van der Waals surface area contributed by atoms with E-state index in [1.165, 1.54) is 10.5 Å². The topological polar surface area (TPSA) is 24.9 Å². The van der Waals surface area contributed by atoms with Crippen LogP contribution in [0.5, 0.6) is 0 Å². The Bertz CT molecular complexity index is 302. The SMILES string of the molecule is CNC(C)/C(C)=C/c1ncc(C)s1. The van der Waals surface area contributed by atoms with E-state index in [-0.39, 0.29) is 0 Å². The third-order valence-corrected chi connectivity index (χ3v) is 2.97. The molecule has 0 saturated heterocycles. The number of nitrogens with zero attached hydrogens (tertiary/aromatic N) is 1. The normalized spacial score (nSPS) is 14.6. The summed E-state index contributed by atoms with van der Waals surface area (Å²) in [5, 5.41) is 4.29. The molecule has 1 atom stereocenters. The van der Waals surface area contributed by atoms with Gasteiger partial charge in [-0.2, -0.15) is 0 Å². The molecule has 0 aromatic carbocycles. The van der Waals surface area contributed by atoms with Crippen LogP contribution in [0.4, 0.5) is 0 Å². The van der Waals surface area contributed by atoms with Crippen LogP contribution in [0.15, 0.2) is 11.8 Å². The minimum atomic E-state index is 0.421. The molecular formula is C10H16N2S. The molecule has 0 aliphatic heterocycles. The van der Waals surface area contributed by atoms with E-state index in [2.05, 4.69) is 37.1 Å². The molecule has 1 unspecified atom stereocenters. The Morgan fingerprint density at radius 3 is 2.85 bits per heavy atom. The number of aromatic nitrogens is 1. The Hall–Kier alpha value is -0.670. The molecule has 1 N–H and O–H groups in total. The lowest BCUT2D eigenvalue weighted by Gasteiger charge is -2.09. The number of rotatable bonds is 3. The molecule has 1 aromatic rings. The molecule has 13 heavy (non-hydrogen) atoms. The Morgan fingerprint density at radius 1 is 1.69 bits per heavy atom. The standard InChI is InChI=1S/C10H16N2S/c1-7(9(3)11-4)5-10-12-6-8(2)13-10/h5-6,9,11H,1-4H3/b7-5+. The first-order chi connectivity index (χ1) is 6.13. The highest BCUT2D eigenvalue weighted by Crippen LogP contribution is 2.15. The van der Waals surface area contributed by atoms with Gasteiger partial charge in [0.15, 0.2) is 0 Å². The lowest BCUT2D eigenvalue weighted by atomic mass is 10.1. The molecule has 1 aromatic heterocycles. The van der Waals surface area contributed by atoms with Gasteiger partial charge in [0, 0.05) is 17.1 Å². The van der Waals surface area contributed by atoms with Crippen molar-refractivity contribution in [1.82, 2.24) is 10.3 Å². The molecule has 0 saturated carbocycles. The van der Waals surface area contributed by atoms with Gasteiger partial charge < -0.3 is 5.32 Å². The van der Waals surface area contributed by atoms with Crippen LogP contribution >= 0.6 is 11.3 Å². The van der Waals surface area contributed by atoms with Crippen molar-refractivity contribution in [2.24, 2.45) is 0 Å². The molecule has 0 spiro atoms. The number of hydrogen-bond acceptors (Lipinski definition) is 3. The van der Waals surface area contributed by atoms with Crippen LogP contribution in [0.3, 0.4) is 0 Å². The van der Waals surface area contributed by atoms with E-state index < -0.39 is 0 Å². The van der Waals surface area contributed by atoms with Crippen molar-refractivity contribution in [3.8, 4) is 0 Å². The summed E-state index contributed by atoms with van der Waals surface area (Å²) in [7, 11) is 1.97. The van der Waals surface area contributed by atoms with Crippen LogP contribution in [-0.4, -0.2) is 18.1 Å². The van der Waals surface area contributed by atoms with Crippen LogP contribution in [0.1, 0.15) is 23.7 Å². The van der Waals surface area contributed by atoms with Crippen LogP contribution in [0, 0.1) is 6.92 Å². The predicted molar refractivity (Wildman–Crippen MR) is 59.0 cm³/mol. The molecule has 72 valence electrons.